The van der Waals surface area contributed by atoms with Gasteiger partial charge in [0.2, 0.25) is 0 Å². The minimum atomic E-state index is -4.37. The van der Waals surface area contributed by atoms with Crippen molar-refractivity contribution in [3.8, 4) is 0 Å². The molecule has 6 heteroatoms. The number of amides is 1. The zero-order chi connectivity index (χ0) is 20.0. The minimum Gasteiger partial charge on any atom is -0.444 e. The van der Waals surface area contributed by atoms with E-state index in [0.29, 0.717) is 12.0 Å². The molecule has 2 aliphatic heterocycles. The van der Waals surface area contributed by atoms with Gasteiger partial charge in [0.25, 0.3) is 0 Å². The standard InChI is InChI=1S/C21H26F3NO2/c1-13-8-9-14(12-18(13)21(22,23)24)15-10-16-6-5-7-17(11-15)25(16)19(26)27-20(2,3)4/h8-10,12,16-17H,5-7,11H2,1-4H3. The molecular formula is C21H26F3NO2. The monoisotopic (exact) mass is 381 g/mol. The fourth-order valence-electron chi connectivity index (χ4n) is 3.97. The van der Waals surface area contributed by atoms with Crippen LogP contribution in [-0.2, 0) is 10.9 Å². The maximum Gasteiger partial charge on any atom is 0.416 e. The number of halogens is 3. The van der Waals surface area contributed by atoms with Crippen molar-refractivity contribution in [3.63, 3.8) is 0 Å². The van der Waals surface area contributed by atoms with Crippen LogP contribution in [0.2, 0.25) is 0 Å². The SMILES string of the molecule is Cc1ccc(C2=CC3CCCC(C2)N3C(=O)OC(C)(C)C)cc1C(F)(F)F. The molecule has 2 unspecified atom stereocenters. The molecule has 2 heterocycles. The summed E-state index contributed by atoms with van der Waals surface area (Å²) in [4.78, 5) is 14.4. The molecule has 1 saturated heterocycles. The first kappa shape index (κ1) is 19.8. The summed E-state index contributed by atoms with van der Waals surface area (Å²) >= 11 is 0. The van der Waals surface area contributed by atoms with Crippen molar-refractivity contribution in [2.75, 3.05) is 0 Å². The molecule has 1 aromatic carbocycles. The zero-order valence-electron chi connectivity index (χ0n) is 16.2. The number of aryl methyl sites for hydroxylation is 1. The molecule has 2 bridgehead atoms. The van der Waals surface area contributed by atoms with Gasteiger partial charge in [-0.05, 0) is 76.1 Å². The van der Waals surface area contributed by atoms with Gasteiger partial charge >= 0.3 is 12.3 Å². The van der Waals surface area contributed by atoms with Gasteiger partial charge in [0.15, 0.2) is 0 Å². The highest BCUT2D eigenvalue weighted by atomic mass is 19.4. The van der Waals surface area contributed by atoms with E-state index in [1.807, 2.05) is 26.8 Å². The molecule has 0 aromatic heterocycles. The summed E-state index contributed by atoms with van der Waals surface area (Å²) in [5, 5.41) is 0. The van der Waals surface area contributed by atoms with E-state index in [9.17, 15) is 18.0 Å². The predicted octanol–water partition coefficient (Wildman–Crippen LogP) is 5.96. The van der Waals surface area contributed by atoms with Gasteiger partial charge in [-0.1, -0.05) is 18.2 Å². The molecule has 0 aliphatic carbocycles. The number of ether oxygens (including phenoxy) is 1. The Balaban J connectivity index is 1.91. The molecule has 0 saturated carbocycles. The first-order valence-corrected chi connectivity index (χ1v) is 9.36. The van der Waals surface area contributed by atoms with E-state index in [1.54, 1.807) is 11.0 Å². The average molecular weight is 381 g/mol. The first-order chi connectivity index (χ1) is 12.5. The quantitative estimate of drug-likeness (QED) is 0.601. The van der Waals surface area contributed by atoms with Crippen LogP contribution >= 0.6 is 0 Å². The van der Waals surface area contributed by atoms with Crippen LogP contribution < -0.4 is 0 Å². The summed E-state index contributed by atoms with van der Waals surface area (Å²) < 4.78 is 45.3. The van der Waals surface area contributed by atoms with Crippen molar-refractivity contribution >= 4 is 11.7 Å². The van der Waals surface area contributed by atoms with Crippen LogP contribution in [-0.4, -0.2) is 28.7 Å². The second kappa shape index (κ2) is 6.88. The summed E-state index contributed by atoms with van der Waals surface area (Å²) in [7, 11) is 0. The highest BCUT2D eigenvalue weighted by Gasteiger charge is 2.40. The number of hydrogen-bond donors (Lipinski definition) is 0. The van der Waals surface area contributed by atoms with Crippen molar-refractivity contribution < 1.29 is 22.7 Å². The Morgan fingerprint density at radius 1 is 1.19 bits per heavy atom. The van der Waals surface area contributed by atoms with Crippen LogP contribution in [0.3, 0.4) is 0 Å². The highest BCUT2D eigenvalue weighted by molar-refractivity contribution is 5.75. The third-order valence-electron chi connectivity index (χ3n) is 5.16. The van der Waals surface area contributed by atoms with E-state index in [-0.39, 0.29) is 23.7 Å². The number of piperidine rings is 1. The molecule has 0 spiro atoms. The first-order valence-electron chi connectivity index (χ1n) is 9.36. The molecule has 2 atom stereocenters. The lowest BCUT2D eigenvalue weighted by molar-refractivity contribution is -0.138. The lowest BCUT2D eigenvalue weighted by Gasteiger charge is -2.45. The number of alkyl halides is 3. The second-order valence-electron chi connectivity index (χ2n) is 8.46. The number of benzene rings is 1. The minimum absolute atomic E-state index is 0.0331. The number of hydrogen-bond acceptors (Lipinski definition) is 2. The number of fused-ring (bicyclic) bond motifs is 2. The van der Waals surface area contributed by atoms with Crippen molar-refractivity contribution in [3.05, 3.63) is 41.0 Å². The van der Waals surface area contributed by atoms with E-state index in [1.165, 1.54) is 19.1 Å². The Kier molecular flexibility index (Phi) is 5.04. The number of nitrogens with zero attached hydrogens (tertiary/aromatic N) is 1. The van der Waals surface area contributed by atoms with Crippen molar-refractivity contribution in [1.82, 2.24) is 4.90 Å². The summed E-state index contributed by atoms with van der Waals surface area (Å²) in [6.45, 7) is 6.96. The van der Waals surface area contributed by atoms with E-state index in [4.69, 9.17) is 4.74 Å². The molecule has 1 amide bonds. The maximum atomic E-state index is 13.3. The Morgan fingerprint density at radius 2 is 1.89 bits per heavy atom. The fourth-order valence-corrected chi connectivity index (χ4v) is 3.97. The van der Waals surface area contributed by atoms with Crippen molar-refractivity contribution in [2.24, 2.45) is 0 Å². The van der Waals surface area contributed by atoms with Crippen LogP contribution in [0, 0.1) is 6.92 Å². The van der Waals surface area contributed by atoms with Gasteiger partial charge in [-0.25, -0.2) is 4.79 Å². The van der Waals surface area contributed by atoms with E-state index in [2.05, 4.69) is 0 Å². The van der Waals surface area contributed by atoms with Crippen molar-refractivity contribution in [1.29, 1.82) is 0 Å². The Bertz CT molecular complexity index is 762. The molecule has 1 fully saturated rings. The van der Waals surface area contributed by atoms with Gasteiger partial charge in [-0.2, -0.15) is 13.2 Å². The van der Waals surface area contributed by atoms with Crippen LogP contribution in [0.25, 0.3) is 5.57 Å². The number of carbonyl (C=O) groups excluding carboxylic acids is 1. The summed E-state index contributed by atoms with van der Waals surface area (Å²) in [5.41, 5.74) is 0.524. The van der Waals surface area contributed by atoms with Crippen LogP contribution in [0.5, 0.6) is 0 Å². The zero-order valence-corrected chi connectivity index (χ0v) is 16.2. The average Bonchev–Trinajstić information content (AvgIpc) is 2.51. The molecule has 0 radical (unpaired) electrons. The largest absolute Gasteiger partial charge is 0.444 e. The lowest BCUT2D eigenvalue weighted by Crippen LogP contribution is -2.53. The second-order valence-corrected chi connectivity index (χ2v) is 8.46. The van der Waals surface area contributed by atoms with Crippen molar-refractivity contribution in [2.45, 2.75) is 77.2 Å². The van der Waals surface area contributed by atoms with Crippen LogP contribution in [0.1, 0.15) is 63.1 Å². The third kappa shape index (κ3) is 4.30. The third-order valence-corrected chi connectivity index (χ3v) is 5.16. The van der Waals surface area contributed by atoms with Gasteiger partial charge in [-0.3, -0.25) is 4.90 Å². The summed E-state index contributed by atoms with van der Waals surface area (Å²) in [5.74, 6) is 0. The number of rotatable bonds is 1. The normalized spacial score (nSPS) is 23.1. The molecule has 27 heavy (non-hydrogen) atoms. The fraction of sp³-hybridized carbons (Fsp3) is 0.571. The Morgan fingerprint density at radius 3 is 2.48 bits per heavy atom. The molecule has 1 aromatic rings. The number of carbonyl (C=O) groups is 1. The molecule has 3 rings (SSSR count). The van der Waals surface area contributed by atoms with E-state index >= 15 is 0 Å². The topological polar surface area (TPSA) is 29.5 Å². The highest BCUT2D eigenvalue weighted by Crippen LogP contribution is 2.40. The van der Waals surface area contributed by atoms with Gasteiger partial charge in [-0.15, -0.1) is 0 Å². The summed E-state index contributed by atoms with van der Waals surface area (Å²) in [6, 6.07) is 4.34. The lowest BCUT2D eigenvalue weighted by atomic mass is 9.82. The van der Waals surface area contributed by atoms with E-state index < -0.39 is 17.3 Å². The molecule has 3 nitrogen and oxygen atoms in total. The molecular weight excluding hydrogens is 355 g/mol. The van der Waals surface area contributed by atoms with Crippen LogP contribution in [0.15, 0.2) is 24.3 Å². The summed E-state index contributed by atoms with van der Waals surface area (Å²) in [6.07, 6.45) is 0.434. The van der Waals surface area contributed by atoms with Gasteiger partial charge in [0.05, 0.1) is 11.6 Å². The maximum absolute atomic E-state index is 13.3. The predicted molar refractivity (Wildman–Crippen MR) is 98.3 cm³/mol. The van der Waals surface area contributed by atoms with Gasteiger partial charge in [0.1, 0.15) is 5.60 Å². The van der Waals surface area contributed by atoms with E-state index in [0.717, 1.165) is 24.8 Å². The molecule has 148 valence electrons. The smallest absolute Gasteiger partial charge is 0.416 e. The van der Waals surface area contributed by atoms with Gasteiger partial charge < -0.3 is 4.74 Å². The van der Waals surface area contributed by atoms with Gasteiger partial charge in [0, 0.05) is 6.04 Å². The Hall–Kier alpha value is -1.98. The van der Waals surface area contributed by atoms with Crippen LogP contribution in [0.4, 0.5) is 18.0 Å². The molecule has 2 aliphatic rings. The molecule has 0 N–H and O–H groups in total. The Labute approximate surface area is 158 Å².